The minimum Gasteiger partial charge on any atom is -0.325 e. The second kappa shape index (κ2) is 9.60. The highest BCUT2D eigenvalue weighted by Crippen LogP contribution is 2.36. The van der Waals surface area contributed by atoms with Crippen LogP contribution in [0.25, 0.3) is 0 Å². The number of carbonyl (C=O) groups is 1. The van der Waals surface area contributed by atoms with Gasteiger partial charge >= 0.3 is 18.4 Å². The number of aromatic nitrogens is 1. The Balaban J connectivity index is 2.01. The first-order valence-corrected chi connectivity index (χ1v) is 9.80. The minimum atomic E-state index is -4.87. The van der Waals surface area contributed by atoms with E-state index in [0.717, 1.165) is 30.5 Å². The number of anilines is 1. The van der Waals surface area contributed by atoms with Crippen LogP contribution in [0.4, 0.5) is 42.5 Å². The third-order valence-corrected chi connectivity index (χ3v) is 5.01. The first kappa shape index (κ1) is 25.5. The van der Waals surface area contributed by atoms with Gasteiger partial charge in [0.15, 0.2) is 0 Å². The summed E-state index contributed by atoms with van der Waals surface area (Å²) in [6.07, 6.45) is -8.50. The van der Waals surface area contributed by atoms with E-state index in [4.69, 9.17) is 0 Å². The molecule has 1 aromatic heterocycles. The van der Waals surface area contributed by atoms with Gasteiger partial charge in [-0.3, -0.25) is 15.1 Å². The van der Waals surface area contributed by atoms with Gasteiger partial charge in [0.25, 0.3) is 5.69 Å². The van der Waals surface area contributed by atoms with Crippen molar-refractivity contribution in [1.29, 1.82) is 0 Å². The molecule has 1 heterocycles. The van der Waals surface area contributed by atoms with E-state index in [2.05, 4.69) is 15.6 Å². The number of benzene rings is 2. The Bertz CT molecular complexity index is 1240. The average Bonchev–Trinajstić information content (AvgIpc) is 2.77. The molecule has 0 saturated heterocycles. The van der Waals surface area contributed by atoms with Gasteiger partial charge in [0.1, 0.15) is 0 Å². The van der Waals surface area contributed by atoms with E-state index >= 15 is 0 Å². The van der Waals surface area contributed by atoms with Crippen molar-refractivity contribution in [3.05, 3.63) is 98.9 Å². The molecule has 1 atom stereocenters. The van der Waals surface area contributed by atoms with E-state index < -0.39 is 46.2 Å². The van der Waals surface area contributed by atoms with Crippen molar-refractivity contribution in [2.45, 2.75) is 25.3 Å². The van der Waals surface area contributed by atoms with Gasteiger partial charge in [-0.1, -0.05) is 18.2 Å². The van der Waals surface area contributed by atoms with Crippen molar-refractivity contribution in [3.63, 3.8) is 0 Å². The van der Waals surface area contributed by atoms with Crippen LogP contribution in [-0.4, -0.2) is 15.9 Å². The van der Waals surface area contributed by atoms with E-state index in [9.17, 15) is 41.3 Å². The van der Waals surface area contributed by atoms with Crippen molar-refractivity contribution in [3.8, 4) is 0 Å². The van der Waals surface area contributed by atoms with Gasteiger partial charge in [0, 0.05) is 12.3 Å². The number of carbonyl (C=O) groups excluding carboxylic acids is 1. The normalized spacial score (nSPS) is 12.7. The van der Waals surface area contributed by atoms with Crippen LogP contribution in [0.3, 0.4) is 0 Å². The first-order valence-electron chi connectivity index (χ1n) is 9.80. The first-order chi connectivity index (χ1) is 16.3. The van der Waals surface area contributed by atoms with Gasteiger partial charge < -0.3 is 10.6 Å². The molecule has 0 aliphatic heterocycles. The van der Waals surface area contributed by atoms with Crippen LogP contribution < -0.4 is 10.6 Å². The zero-order valence-electron chi connectivity index (χ0n) is 17.7. The van der Waals surface area contributed by atoms with Crippen LogP contribution in [-0.2, 0) is 12.4 Å². The lowest BCUT2D eigenvalue weighted by Crippen LogP contribution is -2.35. The van der Waals surface area contributed by atoms with Gasteiger partial charge in [0.2, 0.25) is 0 Å². The van der Waals surface area contributed by atoms with Crippen LogP contribution in [0, 0.1) is 17.0 Å². The summed E-state index contributed by atoms with van der Waals surface area (Å²) in [6.45, 7) is 1.36. The molecule has 2 amide bonds. The van der Waals surface area contributed by atoms with Crippen molar-refractivity contribution < 1.29 is 36.1 Å². The molecule has 0 aliphatic carbocycles. The summed E-state index contributed by atoms with van der Waals surface area (Å²) in [5.74, 6) is 0. The summed E-state index contributed by atoms with van der Waals surface area (Å²) in [7, 11) is 0. The van der Waals surface area contributed by atoms with Crippen molar-refractivity contribution >= 4 is 17.4 Å². The molecule has 0 bridgehead atoms. The Morgan fingerprint density at radius 1 is 0.971 bits per heavy atom. The standard InChI is InChI=1S/C22H16F6N4O3/c1-12-16(5-2-6-17(12)32(34)35)30-20(33)31-18(13-7-9-14(10-8-13)21(23,24)25)19-15(22(26,27)28)4-3-11-29-19/h2-11,18H,1H3,(H2,30,31,33)/t18-/m0/s1. The molecule has 0 radical (unpaired) electrons. The number of urea groups is 1. The van der Waals surface area contributed by atoms with Crippen molar-refractivity contribution in [2.75, 3.05) is 5.32 Å². The molecule has 13 heteroatoms. The van der Waals surface area contributed by atoms with Gasteiger partial charge in [0.05, 0.1) is 39.0 Å². The number of alkyl halides is 6. The minimum absolute atomic E-state index is 0.0138. The number of hydrogen-bond acceptors (Lipinski definition) is 4. The molecule has 0 spiro atoms. The fourth-order valence-corrected chi connectivity index (χ4v) is 3.31. The lowest BCUT2D eigenvalue weighted by atomic mass is 9.98. The van der Waals surface area contributed by atoms with E-state index in [1.54, 1.807) is 0 Å². The summed E-state index contributed by atoms with van der Waals surface area (Å²) < 4.78 is 79.7. The van der Waals surface area contributed by atoms with Crippen LogP contribution in [0.5, 0.6) is 0 Å². The highest BCUT2D eigenvalue weighted by atomic mass is 19.4. The van der Waals surface area contributed by atoms with Gasteiger partial charge in [-0.05, 0) is 42.8 Å². The summed E-state index contributed by atoms with van der Waals surface area (Å²) in [5, 5.41) is 15.7. The largest absolute Gasteiger partial charge is 0.418 e. The maximum Gasteiger partial charge on any atom is 0.418 e. The molecule has 3 rings (SSSR count). The number of amides is 2. The van der Waals surface area contributed by atoms with E-state index in [1.165, 1.54) is 25.1 Å². The van der Waals surface area contributed by atoms with Gasteiger partial charge in [-0.2, -0.15) is 26.3 Å². The molecular formula is C22H16F6N4O3. The predicted molar refractivity (Wildman–Crippen MR) is 113 cm³/mol. The molecule has 0 saturated carbocycles. The molecular weight excluding hydrogens is 482 g/mol. The second-order valence-electron chi connectivity index (χ2n) is 7.29. The molecule has 0 unspecified atom stereocenters. The number of pyridine rings is 1. The molecule has 184 valence electrons. The summed E-state index contributed by atoms with van der Waals surface area (Å²) in [5.41, 5.74) is -3.18. The molecule has 2 aromatic carbocycles. The number of rotatable bonds is 5. The maximum atomic E-state index is 13.6. The Hall–Kier alpha value is -4.16. The second-order valence-corrected chi connectivity index (χ2v) is 7.29. The van der Waals surface area contributed by atoms with Crippen LogP contribution >= 0.6 is 0 Å². The predicted octanol–water partition coefficient (Wildman–Crippen LogP) is 6.25. The van der Waals surface area contributed by atoms with E-state index in [0.29, 0.717) is 12.1 Å². The number of hydrogen-bond donors (Lipinski definition) is 2. The Morgan fingerprint density at radius 3 is 2.20 bits per heavy atom. The number of halogens is 6. The Kier molecular flexibility index (Phi) is 6.99. The number of nitrogens with zero attached hydrogens (tertiary/aromatic N) is 2. The fourth-order valence-electron chi connectivity index (χ4n) is 3.31. The smallest absolute Gasteiger partial charge is 0.325 e. The van der Waals surface area contributed by atoms with Gasteiger partial charge in [-0.25, -0.2) is 4.79 Å². The summed E-state index contributed by atoms with van der Waals surface area (Å²) >= 11 is 0. The number of nitrogens with one attached hydrogen (secondary N) is 2. The van der Waals surface area contributed by atoms with E-state index in [1.807, 2.05) is 0 Å². The maximum absolute atomic E-state index is 13.6. The third kappa shape index (κ3) is 5.86. The topological polar surface area (TPSA) is 97.2 Å². The van der Waals surface area contributed by atoms with Crippen molar-refractivity contribution in [1.82, 2.24) is 10.3 Å². The fraction of sp³-hybridized carbons (Fsp3) is 0.182. The molecule has 7 nitrogen and oxygen atoms in total. The highest BCUT2D eigenvalue weighted by Gasteiger charge is 2.37. The summed E-state index contributed by atoms with van der Waals surface area (Å²) in [4.78, 5) is 26.9. The third-order valence-electron chi connectivity index (χ3n) is 5.01. The lowest BCUT2D eigenvalue weighted by Gasteiger charge is -2.23. The molecule has 0 aliphatic rings. The van der Waals surface area contributed by atoms with Crippen LogP contribution in [0.1, 0.15) is 34.0 Å². The van der Waals surface area contributed by atoms with Crippen LogP contribution in [0.2, 0.25) is 0 Å². The Labute approximate surface area is 193 Å². The number of nitro benzene ring substituents is 1. The average molecular weight is 498 g/mol. The number of nitro groups is 1. The van der Waals surface area contributed by atoms with E-state index in [-0.39, 0.29) is 22.5 Å². The van der Waals surface area contributed by atoms with Gasteiger partial charge in [-0.15, -0.1) is 0 Å². The molecule has 2 N–H and O–H groups in total. The lowest BCUT2D eigenvalue weighted by molar-refractivity contribution is -0.385. The zero-order valence-corrected chi connectivity index (χ0v) is 17.7. The molecule has 3 aromatic rings. The highest BCUT2D eigenvalue weighted by molar-refractivity contribution is 5.91. The summed E-state index contributed by atoms with van der Waals surface area (Å²) in [6, 6.07) is 6.14. The molecule has 0 fully saturated rings. The Morgan fingerprint density at radius 2 is 1.63 bits per heavy atom. The van der Waals surface area contributed by atoms with Crippen molar-refractivity contribution in [2.24, 2.45) is 0 Å². The quantitative estimate of drug-likeness (QED) is 0.247. The van der Waals surface area contributed by atoms with Crippen LogP contribution in [0.15, 0.2) is 60.8 Å². The molecule has 35 heavy (non-hydrogen) atoms. The zero-order chi connectivity index (χ0) is 26.0. The monoisotopic (exact) mass is 498 g/mol. The SMILES string of the molecule is Cc1c(NC(=O)N[C@@H](c2ccc(C(F)(F)F)cc2)c2ncccc2C(F)(F)F)cccc1[N+](=O)[O-].